The number of unbranched alkanes of at least 4 members (excludes halogenated alkanes) is 1. The molecule has 1 aliphatic heterocycles. The summed E-state index contributed by atoms with van der Waals surface area (Å²) in [4.78, 5) is 17.8. The van der Waals surface area contributed by atoms with E-state index in [1.54, 1.807) is 18.4 Å². The van der Waals surface area contributed by atoms with E-state index in [9.17, 15) is 10.1 Å². The maximum absolute atomic E-state index is 13.6. The lowest BCUT2D eigenvalue weighted by atomic mass is 9.69. The standard InChI is InChI=1S/C27H31N3O2S/c1-5-6-7-19-12-13-23(33-19)24-20(16-28)26(29)30(17-8-10-18(32-4)11-9-17)21-14-27(2,3)15-22(31)25(21)24/h8-13,24H,5-7,14-15,29H2,1-4H3. The number of ketones is 1. The number of carbonyl (C=O) groups excluding carboxylic acids is 1. The fourth-order valence-electron chi connectivity index (χ4n) is 4.85. The Morgan fingerprint density at radius 2 is 1.94 bits per heavy atom. The molecule has 1 unspecified atom stereocenters. The number of carbonyl (C=O) groups is 1. The van der Waals surface area contributed by atoms with E-state index in [1.165, 1.54) is 4.88 Å². The number of rotatable bonds is 6. The summed E-state index contributed by atoms with van der Waals surface area (Å²) in [7, 11) is 1.63. The van der Waals surface area contributed by atoms with Crippen LogP contribution in [0.5, 0.6) is 5.75 Å². The molecular weight excluding hydrogens is 430 g/mol. The van der Waals surface area contributed by atoms with Crippen LogP contribution in [0.3, 0.4) is 0 Å². The summed E-state index contributed by atoms with van der Waals surface area (Å²) in [5.41, 5.74) is 9.42. The maximum atomic E-state index is 13.6. The Hall–Kier alpha value is -3.04. The van der Waals surface area contributed by atoms with Crippen LogP contribution in [0.4, 0.5) is 5.69 Å². The molecule has 2 N–H and O–H groups in total. The molecule has 2 aliphatic rings. The topological polar surface area (TPSA) is 79.3 Å². The molecule has 5 nitrogen and oxygen atoms in total. The predicted molar refractivity (Wildman–Crippen MR) is 133 cm³/mol. The molecule has 1 atom stereocenters. The van der Waals surface area contributed by atoms with Gasteiger partial charge in [-0.1, -0.05) is 27.2 Å². The number of aryl methyl sites for hydroxylation is 1. The number of methoxy groups -OCH3 is 1. The van der Waals surface area contributed by atoms with Crippen LogP contribution in [0.15, 0.2) is 59.1 Å². The number of Topliss-reactive ketones (excluding diaryl/α,β-unsaturated/α-hetero) is 1. The Bertz CT molecular complexity index is 1160. The van der Waals surface area contributed by atoms with Gasteiger partial charge in [-0.15, -0.1) is 11.3 Å². The Kier molecular flexibility index (Phi) is 6.36. The second-order valence-corrected chi connectivity index (χ2v) is 10.8. The van der Waals surface area contributed by atoms with Crippen molar-refractivity contribution in [2.24, 2.45) is 11.1 Å². The summed E-state index contributed by atoms with van der Waals surface area (Å²) in [5, 5.41) is 10.2. The van der Waals surface area contributed by atoms with Crippen LogP contribution in [-0.4, -0.2) is 12.9 Å². The van der Waals surface area contributed by atoms with Gasteiger partial charge >= 0.3 is 0 Å². The SMILES string of the molecule is CCCCc1ccc(C2C(C#N)=C(N)N(c3ccc(OC)cc3)C3=C2C(=O)CC(C)(C)C3)s1. The Morgan fingerprint density at radius 3 is 2.58 bits per heavy atom. The highest BCUT2D eigenvalue weighted by Crippen LogP contribution is 2.51. The summed E-state index contributed by atoms with van der Waals surface area (Å²) in [6.07, 6.45) is 4.45. The van der Waals surface area contributed by atoms with E-state index in [2.05, 4.69) is 39.0 Å². The fraction of sp³-hybridized carbons (Fsp3) is 0.407. The van der Waals surface area contributed by atoms with E-state index >= 15 is 0 Å². The van der Waals surface area contributed by atoms with Crippen LogP contribution < -0.4 is 15.4 Å². The number of anilines is 1. The third-order valence-corrected chi connectivity index (χ3v) is 7.67. The first-order chi connectivity index (χ1) is 15.8. The second-order valence-electron chi connectivity index (χ2n) is 9.59. The number of thiophene rings is 1. The van der Waals surface area contributed by atoms with Gasteiger partial charge in [0.05, 0.1) is 24.7 Å². The third kappa shape index (κ3) is 4.30. The van der Waals surface area contributed by atoms with Gasteiger partial charge in [-0.05, 0) is 61.1 Å². The molecule has 2 aromatic rings. The van der Waals surface area contributed by atoms with Crippen molar-refractivity contribution in [2.75, 3.05) is 12.0 Å². The summed E-state index contributed by atoms with van der Waals surface area (Å²) >= 11 is 1.70. The Balaban J connectivity index is 1.89. The largest absolute Gasteiger partial charge is 0.497 e. The fourth-order valence-corrected chi connectivity index (χ4v) is 6.03. The van der Waals surface area contributed by atoms with Crippen molar-refractivity contribution in [2.45, 2.75) is 58.8 Å². The highest BCUT2D eigenvalue weighted by atomic mass is 32.1. The average molecular weight is 462 g/mol. The summed E-state index contributed by atoms with van der Waals surface area (Å²) in [5.74, 6) is 0.849. The van der Waals surface area contributed by atoms with E-state index in [1.807, 2.05) is 29.2 Å². The van der Waals surface area contributed by atoms with E-state index in [0.717, 1.165) is 46.8 Å². The predicted octanol–water partition coefficient (Wildman–Crippen LogP) is 6.04. The molecule has 0 saturated heterocycles. The van der Waals surface area contributed by atoms with Gasteiger partial charge in [0.25, 0.3) is 0 Å². The van der Waals surface area contributed by atoms with E-state index in [-0.39, 0.29) is 11.2 Å². The van der Waals surface area contributed by atoms with Gasteiger partial charge in [-0.2, -0.15) is 5.26 Å². The Morgan fingerprint density at radius 1 is 1.21 bits per heavy atom. The van der Waals surface area contributed by atoms with E-state index in [4.69, 9.17) is 10.5 Å². The van der Waals surface area contributed by atoms with E-state index in [0.29, 0.717) is 24.2 Å². The molecule has 1 aromatic heterocycles. The lowest BCUT2D eigenvalue weighted by molar-refractivity contribution is -0.118. The van der Waals surface area contributed by atoms with Crippen molar-refractivity contribution >= 4 is 22.8 Å². The lowest BCUT2D eigenvalue weighted by Crippen LogP contribution is -2.42. The number of nitrogens with two attached hydrogens (primary N) is 1. The third-order valence-electron chi connectivity index (χ3n) is 6.46. The molecule has 1 aliphatic carbocycles. The molecule has 0 fully saturated rings. The minimum atomic E-state index is -0.400. The zero-order valence-electron chi connectivity index (χ0n) is 19.8. The summed E-state index contributed by atoms with van der Waals surface area (Å²) < 4.78 is 5.31. The quantitative estimate of drug-likeness (QED) is 0.567. The Labute approximate surface area is 200 Å². The van der Waals surface area contributed by atoms with Gasteiger partial charge in [0.2, 0.25) is 0 Å². The monoisotopic (exact) mass is 461 g/mol. The first kappa shape index (κ1) is 23.1. The number of ether oxygens (including phenoxy) is 1. The van der Waals surface area contributed by atoms with Gasteiger partial charge in [-0.3, -0.25) is 9.69 Å². The first-order valence-electron chi connectivity index (χ1n) is 11.5. The summed E-state index contributed by atoms with van der Waals surface area (Å²) in [6.45, 7) is 6.41. The molecule has 0 amide bonds. The number of hydrogen-bond donors (Lipinski definition) is 1. The van der Waals surface area contributed by atoms with Crippen molar-refractivity contribution in [3.63, 3.8) is 0 Å². The molecule has 0 saturated carbocycles. The van der Waals surface area contributed by atoms with Crippen LogP contribution in [0.1, 0.15) is 62.1 Å². The highest BCUT2D eigenvalue weighted by Gasteiger charge is 2.45. The number of hydrogen-bond acceptors (Lipinski definition) is 6. The molecule has 33 heavy (non-hydrogen) atoms. The average Bonchev–Trinajstić information content (AvgIpc) is 3.25. The molecule has 1 aromatic carbocycles. The van der Waals surface area contributed by atoms with Gasteiger partial charge in [-0.25, -0.2) is 0 Å². The molecule has 0 spiro atoms. The zero-order valence-corrected chi connectivity index (χ0v) is 20.6. The summed E-state index contributed by atoms with van der Waals surface area (Å²) in [6, 6.07) is 14.2. The van der Waals surface area contributed by atoms with Crippen molar-refractivity contribution in [1.82, 2.24) is 0 Å². The second kappa shape index (κ2) is 9.07. The van der Waals surface area contributed by atoms with Crippen molar-refractivity contribution in [3.8, 4) is 11.8 Å². The maximum Gasteiger partial charge on any atom is 0.162 e. The number of benzene rings is 1. The molecule has 0 radical (unpaired) electrons. The highest BCUT2D eigenvalue weighted by molar-refractivity contribution is 7.12. The smallest absolute Gasteiger partial charge is 0.162 e. The van der Waals surface area contributed by atoms with Gasteiger partial charge in [0.15, 0.2) is 5.78 Å². The lowest BCUT2D eigenvalue weighted by Gasteiger charge is -2.43. The van der Waals surface area contributed by atoms with Crippen molar-refractivity contribution in [3.05, 3.63) is 68.8 Å². The minimum Gasteiger partial charge on any atom is -0.497 e. The van der Waals surface area contributed by atoms with Crippen LogP contribution in [-0.2, 0) is 11.2 Å². The molecule has 2 heterocycles. The zero-order chi connectivity index (χ0) is 23.8. The molecule has 4 rings (SSSR count). The number of nitrogens with zero attached hydrogens (tertiary/aromatic N) is 2. The number of nitriles is 1. The van der Waals surface area contributed by atoms with Gasteiger partial charge < -0.3 is 10.5 Å². The van der Waals surface area contributed by atoms with Gasteiger partial charge in [0.1, 0.15) is 11.6 Å². The van der Waals surface area contributed by atoms with Crippen LogP contribution in [0.2, 0.25) is 0 Å². The van der Waals surface area contributed by atoms with Gasteiger partial charge in [0, 0.05) is 33.1 Å². The minimum absolute atomic E-state index is 0.105. The molecule has 0 bridgehead atoms. The van der Waals surface area contributed by atoms with Crippen LogP contribution >= 0.6 is 11.3 Å². The van der Waals surface area contributed by atoms with Crippen LogP contribution in [0.25, 0.3) is 0 Å². The van der Waals surface area contributed by atoms with Crippen molar-refractivity contribution in [1.29, 1.82) is 5.26 Å². The van der Waals surface area contributed by atoms with Crippen molar-refractivity contribution < 1.29 is 9.53 Å². The molecule has 6 heteroatoms. The number of allylic oxidation sites excluding steroid dienone is 3. The normalized spacial score (nSPS) is 20.0. The molecule has 172 valence electrons. The molecular formula is C27H31N3O2S. The van der Waals surface area contributed by atoms with E-state index < -0.39 is 5.92 Å². The van der Waals surface area contributed by atoms with Crippen LogP contribution in [0, 0.1) is 16.7 Å². The first-order valence-corrected chi connectivity index (χ1v) is 12.3.